The van der Waals surface area contributed by atoms with Gasteiger partial charge in [0.15, 0.2) is 0 Å². The molecule has 1 saturated carbocycles. The molecule has 0 unspecified atom stereocenters. The van der Waals surface area contributed by atoms with E-state index in [9.17, 15) is 4.79 Å². The van der Waals surface area contributed by atoms with Gasteiger partial charge in [-0.15, -0.1) is 10.2 Å². The van der Waals surface area contributed by atoms with E-state index in [1.165, 1.54) is 45.6 Å². The Balaban J connectivity index is 1.18. The summed E-state index contributed by atoms with van der Waals surface area (Å²) in [6.07, 6.45) is 6.75. The molecule has 2 aliphatic rings. The molecule has 6 nitrogen and oxygen atoms in total. The summed E-state index contributed by atoms with van der Waals surface area (Å²) in [5, 5.41) is 12.5. The van der Waals surface area contributed by atoms with E-state index in [0.29, 0.717) is 12.2 Å². The maximum atomic E-state index is 13.1. The number of carbonyl (C=O) groups excluding carboxylic acids is 1. The normalized spacial score (nSPS) is 22.6. The zero-order chi connectivity index (χ0) is 22.8. The van der Waals surface area contributed by atoms with Gasteiger partial charge in [0, 0.05) is 67.9 Å². The number of likely N-dealkylation sites (N-methyl/N-ethyl adjacent to an activating group) is 1. The summed E-state index contributed by atoms with van der Waals surface area (Å²) >= 11 is 1.60. The fraction of sp³-hybridized carbons (Fsp3) is 0.538. The van der Waals surface area contributed by atoms with Crippen LogP contribution in [0.25, 0.3) is 21.3 Å². The Morgan fingerprint density at radius 2 is 1.82 bits per heavy atom. The molecule has 1 aromatic carbocycles. The van der Waals surface area contributed by atoms with E-state index in [0.717, 1.165) is 50.8 Å². The van der Waals surface area contributed by atoms with Crippen molar-refractivity contribution in [3.05, 3.63) is 41.2 Å². The molecule has 1 aliphatic heterocycles. The SMILES string of the molecule is Cc1nnc(-c2ccc3cnc(CC(=O)C4CCC(CN5CCN(C)CC5)CC4)cc3c2)s1. The fourth-order valence-electron chi connectivity index (χ4n) is 5.21. The number of Topliss-reactive ketones (excluding diaryl/α,β-unsaturated/α-hetero) is 1. The topological polar surface area (TPSA) is 62.2 Å². The van der Waals surface area contributed by atoms with Gasteiger partial charge < -0.3 is 9.80 Å². The van der Waals surface area contributed by atoms with Crippen LogP contribution in [0.1, 0.15) is 36.4 Å². The number of piperazine rings is 1. The van der Waals surface area contributed by atoms with Crippen LogP contribution in [0.15, 0.2) is 30.5 Å². The highest BCUT2D eigenvalue weighted by Gasteiger charge is 2.28. The van der Waals surface area contributed by atoms with Crippen molar-refractivity contribution in [3.8, 4) is 10.6 Å². The van der Waals surface area contributed by atoms with Gasteiger partial charge in [0.25, 0.3) is 0 Å². The molecule has 0 radical (unpaired) electrons. The van der Waals surface area contributed by atoms with Crippen LogP contribution in [0.2, 0.25) is 0 Å². The number of benzene rings is 1. The van der Waals surface area contributed by atoms with Crippen LogP contribution in [-0.2, 0) is 11.2 Å². The van der Waals surface area contributed by atoms with Crippen molar-refractivity contribution in [2.24, 2.45) is 11.8 Å². The minimum Gasteiger partial charge on any atom is -0.304 e. The maximum absolute atomic E-state index is 13.1. The Kier molecular flexibility index (Phi) is 6.81. The fourth-order valence-corrected chi connectivity index (χ4v) is 5.90. The zero-order valence-electron chi connectivity index (χ0n) is 19.7. The minimum absolute atomic E-state index is 0.196. The summed E-state index contributed by atoms with van der Waals surface area (Å²) in [5.41, 5.74) is 1.94. The third-order valence-corrected chi connectivity index (χ3v) is 8.21. The van der Waals surface area contributed by atoms with E-state index >= 15 is 0 Å². The Hall–Kier alpha value is -2.22. The number of hydrogen-bond donors (Lipinski definition) is 0. The van der Waals surface area contributed by atoms with Gasteiger partial charge >= 0.3 is 0 Å². The highest BCUT2D eigenvalue weighted by Crippen LogP contribution is 2.31. The minimum atomic E-state index is 0.196. The van der Waals surface area contributed by atoms with Gasteiger partial charge in [0.05, 0.1) is 0 Å². The number of carbonyl (C=O) groups is 1. The average Bonchev–Trinajstić information content (AvgIpc) is 3.27. The van der Waals surface area contributed by atoms with Gasteiger partial charge in [-0.05, 0) is 63.1 Å². The predicted octanol–water partition coefficient (Wildman–Crippen LogP) is 4.23. The number of ketones is 1. The summed E-state index contributed by atoms with van der Waals surface area (Å²) in [6.45, 7) is 7.89. The molecule has 0 spiro atoms. The molecule has 2 aromatic heterocycles. The molecule has 174 valence electrons. The van der Waals surface area contributed by atoms with Crippen LogP contribution in [-0.4, -0.2) is 70.5 Å². The van der Waals surface area contributed by atoms with Crippen molar-refractivity contribution >= 4 is 27.9 Å². The van der Waals surface area contributed by atoms with Crippen LogP contribution in [0, 0.1) is 18.8 Å². The maximum Gasteiger partial charge on any atom is 0.147 e. The molecule has 0 amide bonds. The number of hydrogen-bond acceptors (Lipinski definition) is 7. The van der Waals surface area contributed by atoms with Crippen molar-refractivity contribution in [2.75, 3.05) is 39.8 Å². The van der Waals surface area contributed by atoms with Crippen LogP contribution in [0.4, 0.5) is 0 Å². The van der Waals surface area contributed by atoms with Gasteiger partial charge in [-0.2, -0.15) is 0 Å². The molecule has 5 rings (SSSR count). The molecule has 3 aromatic rings. The first-order valence-electron chi connectivity index (χ1n) is 12.2. The third-order valence-electron chi connectivity index (χ3n) is 7.32. The molecule has 0 bridgehead atoms. The Labute approximate surface area is 200 Å². The lowest BCUT2D eigenvalue weighted by atomic mass is 9.79. The molecular weight excluding hydrogens is 430 g/mol. The molecule has 3 heterocycles. The quantitative estimate of drug-likeness (QED) is 0.545. The Bertz CT molecular complexity index is 1110. The number of fused-ring (bicyclic) bond motifs is 1. The van der Waals surface area contributed by atoms with Crippen LogP contribution in [0.5, 0.6) is 0 Å². The number of aryl methyl sites for hydroxylation is 1. The lowest BCUT2D eigenvalue weighted by Gasteiger charge is -2.36. The van der Waals surface area contributed by atoms with E-state index in [1.807, 2.05) is 13.1 Å². The second-order valence-corrected chi connectivity index (χ2v) is 11.0. The van der Waals surface area contributed by atoms with Crippen molar-refractivity contribution in [1.29, 1.82) is 0 Å². The molecule has 7 heteroatoms. The van der Waals surface area contributed by atoms with Crippen molar-refractivity contribution < 1.29 is 4.79 Å². The van der Waals surface area contributed by atoms with E-state index < -0.39 is 0 Å². The van der Waals surface area contributed by atoms with Gasteiger partial charge in [0.2, 0.25) is 0 Å². The van der Waals surface area contributed by atoms with E-state index in [4.69, 9.17) is 0 Å². The first kappa shape index (κ1) is 22.6. The molecule has 1 saturated heterocycles. The summed E-state index contributed by atoms with van der Waals surface area (Å²) in [5.74, 6) is 1.30. The van der Waals surface area contributed by atoms with E-state index in [1.54, 1.807) is 11.3 Å². The smallest absolute Gasteiger partial charge is 0.147 e. The highest BCUT2D eigenvalue weighted by atomic mass is 32.1. The lowest BCUT2D eigenvalue weighted by Crippen LogP contribution is -2.46. The number of aromatic nitrogens is 3. The molecule has 2 fully saturated rings. The van der Waals surface area contributed by atoms with Crippen molar-refractivity contribution in [1.82, 2.24) is 25.0 Å². The molecule has 0 atom stereocenters. The predicted molar refractivity (Wildman–Crippen MR) is 133 cm³/mol. The standard InChI is InChI=1S/C26H33N5OS/c1-18-28-29-26(33-18)21-7-8-22-16-27-24(14-23(22)13-21)15-25(32)20-5-3-19(4-6-20)17-31-11-9-30(2)10-12-31/h7-8,13-14,16,19-20H,3-6,9-12,15,17H2,1-2H3. The Morgan fingerprint density at radius 1 is 1.03 bits per heavy atom. The van der Waals surface area contributed by atoms with Gasteiger partial charge in [-0.25, -0.2) is 0 Å². The lowest BCUT2D eigenvalue weighted by molar-refractivity contribution is -0.123. The monoisotopic (exact) mass is 463 g/mol. The number of nitrogens with zero attached hydrogens (tertiary/aromatic N) is 5. The van der Waals surface area contributed by atoms with Crippen LogP contribution in [0.3, 0.4) is 0 Å². The van der Waals surface area contributed by atoms with Crippen LogP contribution >= 0.6 is 11.3 Å². The summed E-state index contributed by atoms with van der Waals surface area (Å²) in [7, 11) is 2.21. The van der Waals surface area contributed by atoms with Gasteiger partial charge in [0.1, 0.15) is 15.8 Å². The Morgan fingerprint density at radius 3 is 2.55 bits per heavy atom. The number of pyridine rings is 1. The molecule has 0 N–H and O–H groups in total. The first-order chi connectivity index (χ1) is 16.0. The molecule has 1 aliphatic carbocycles. The summed E-state index contributed by atoms with van der Waals surface area (Å²) in [6, 6.07) is 8.34. The van der Waals surface area contributed by atoms with Gasteiger partial charge in [-0.3, -0.25) is 9.78 Å². The van der Waals surface area contributed by atoms with Crippen molar-refractivity contribution in [3.63, 3.8) is 0 Å². The number of rotatable bonds is 6. The second kappa shape index (κ2) is 9.95. The van der Waals surface area contributed by atoms with Crippen LogP contribution < -0.4 is 0 Å². The largest absolute Gasteiger partial charge is 0.304 e. The summed E-state index contributed by atoms with van der Waals surface area (Å²) in [4.78, 5) is 22.7. The molecular formula is C26H33N5OS. The van der Waals surface area contributed by atoms with E-state index in [2.05, 4.69) is 56.3 Å². The first-order valence-corrected chi connectivity index (χ1v) is 13.0. The zero-order valence-corrected chi connectivity index (χ0v) is 20.5. The summed E-state index contributed by atoms with van der Waals surface area (Å²) < 4.78 is 0. The average molecular weight is 464 g/mol. The van der Waals surface area contributed by atoms with Crippen molar-refractivity contribution in [2.45, 2.75) is 39.0 Å². The third kappa shape index (κ3) is 5.48. The van der Waals surface area contributed by atoms with E-state index in [-0.39, 0.29) is 5.92 Å². The second-order valence-electron chi connectivity index (χ2n) is 9.83. The van der Waals surface area contributed by atoms with Gasteiger partial charge in [-0.1, -0.05) is 23.5 Å². The highest BCUT2D eigenvalue weighted by molar-refractivity contribution is 7.14. The molecule has 33 heavy (non-hydrogen) atoms.